The lowest BCUT2D eigenvalue weighted by molar-refractivity contribution is -0.123. The van der Waals surface area contributed by atoms with Crippen LogP contribution in [0.3, 0.4) is 0 Å². The summed E-state index contributed by atoms with van der Waals surface area (Å²) in [6.45, 7) is 0. The second kappa shape index (κ2) is 8.34. The molecule has 40 heavy (non-hydrogen) atoms. The predicted molar refractivity (Wildman–Crippen MR) is 160 cm³/mol. The lowest BCUT2D eigenvalue weighted by Crippen LogP contribution is -2.41. The van der Waals surface area contributed by atoms with Crippen LogP contribution in [0.1, 0.15) is 39.0 Å². The summed E-state index contributed by atoms with van der Waals surface area (Å²) in [5.41, 5.74) is 2.53. The maximum atomic E-state index is 15.6. The first kappa shape index (κ1) is 23.1. The van der Waals surface area contributed by atoms with Crippen molar-refractivity contribution >= 4 is 33.1 Å². The van der Waals surface area contributed by atoms with Crippen molar-refractivity contribution in [3.05, 3.63) is 167 Å². The Morgan fingerprint density at radius 1 is 0.525 bits per heavy atom. The molecule has 0 spiro atoms. The van der Waals surface area contributed by atoms with Crippen LogP contribution in [-0.2, 0) is 15.6 Å². The fraction of sp³-hybridized carbons (Fsp3) is 0.105. The maximum absolute atomic E-state index is 15.6. The Morgan fingerprint density at radius 2 is 0.975 bits per heavy atom. The highest BCUT2D eigenvalue weighted by molar-refractivity contribution is 6.25. The number of benzene rings is 6. The molecule has 6 aromatic rings. The maximum Gasteiger partial charge on any atom is 0.167 e. The Kier molecular flexibility index (Phi) is 4.82. The number of carbonyl (C=O) groups is 2. The van der Waals surface area contributed by atoms with E-state index in [0.717, 1.165) is 43.8 Å². The predicted octanol–water partition coefficient (Wildman–Crippen LogP) is 8.05. The number of ketones is 2. The van der Waals surface area contributed by atoms with Crippen molar-refractivity contribution in [2.45, 2.75) is 17.3 Å². The van der Waals surface area contributed by atoms with Crippen molar-refractivity contribution in [3.8, 4) is 0 Å². The van der Waals surface area contributed by atoms with Crippen molar-refractivity contribution in [3.63, 3.8) is 0 Å². The molecule has 8 rings (SSSR count). The third kappa shape index (κ3) is 2.73. The van der Waals surface area contributed by atoms with Gasteiger partial charge < -0.3 is 0 Å². The van der Waals surface area contributed by atoms with E-state index < -0.39 is 16.7 Å². The van der Waals surface area contributed by atoms with Gasteiger partial charge in [-0.05, 0) is 50.2 Å². The van der Waals surface area contributed by atoms with Crippen LogP contribution in [0, 0.1) is 5.92 Å². The lowest BCUT2D eigenvalue weighted by atomic mass is 9.62. The monoisotopic (exact) mass is 514 g/mol. The average Bonchev–Trinajstić information content (AvgIpc) is 3.44. The van der Waals surface area contributed by atoms with Crippen LogP contribution in [0.5, 0.6) is 0 Å². The third-order valence-electron chi connectivity index (χ3n) is 9.40. The van der Waals surface area contributed by atoms with Gasteiger partial charge in [0.1, 0.15) is 0 Å². The Morgan fingerprint density at radius 3 is 1.55 bits per heavy atom. The second-order valence-corrected chi connectivity index (χ2v) is 11.1. The van der Waals surface area contributed by atoms with Gasteiger partial charge in [0.05, 0.1) is 10.8 Å². The molecular weight excluding hydrogens is 488 g/mol. The Labute approximate surface area is 232 Å². The number of hydrogen-bond donors (Lipinski definition) is 0. The molecule has 0 N–H and O–H groups in total. The fourth-order valence-electron chi connectivity index (χ4n) is 7.93. The minimum Gasteiger partial charge on any atom is -0.297 e. The molecule has 0 radical (unpaired) electrons. The molecule has 2 aliphatic rings. The zero-order valence-electron chi connectivity index (χ0n) is 21.9. The van der Waals surface area contributed by atoms with Crippen LogP contribution in [0.2, 0.25) is 0 Å². The minimum absolute atomic E-state index is 0.0264. The van der Waals surface area contributed by atoms with Gasteiger partial charge in [-0.15, -0.1) is 0 Å². The smallest absolute Gasteiger partial charge is 0.167 e. The molecule has 2 bridgehead atoms. The third-order valence-corrected chi connectivity index (χ3v) is 9.40. The minimum atomic E-state index is -1.11. The summed E-state index contributed by atoms with van der Waals surface area (Å²) in [4.78, 5) is 30.1. The van der Waals surface area contributed by atoms with Gasteiger partial charge in [0.2, 0.25) is 0 Å². The Balaban J connectivity index is 1.60. The topological polar surface area (TPSA) is 34.1 Å². The lowest BCUT2D eigenvalue weighted by Gasteiger charge is -2.38. The molecule has 2 heteroatoms. The van der Waals surface area contributed by atoms with E-state index in [0.29, 0.717) is 12.0 Å². The molecule has 0 heterocycles. The van der Waals surface area contributed by atoms with E-state index in [1.165, 1.54) is 0 Å². The Hall–Kier alpha value is -4.82. The van der Waals surface area contributed by atoms with E-state index in [2.05, 4.69) is 60.7 Å². The molecule has 2 aliphatic carbocycles. The highest BCUT2D eigenvalue weighted by Crippen LogP contribution is 2.68. The van der Waals surface area contributed by atoms with Crippen LogP contribution in [0.25, 0.3) is 21.5 Å². The van der Waals surface area contributed by atoms with Crippen LogP contribution >= 0.6 is 0 Å². The Bertz CT molecular complexity index is 1960. The number of rotatable bonds is 4. The molecule has 0 saturated heterocycles. The van der Waals surface area contributed by atoms with E-state index in [9.17, 15) is 4.79 Å². The number of fused-ring (bicyclic) bond motifs is 10. The highest BCUT2D eigenvalue weighted by Gasteiger charge is 2.73. The van der Waals surface area contributed by atoms with Gasteiger partial charge in [-0.25, -0.2) is 0 Å². The summed E-state index contributed by atoms with van der Waals surface area (Å²) in [5.74, 6) is -0.399. The molecular formula is C38H26O2. The van der Waals surface area contributed by atoms with Gasteiger partial charge in [-0.3, -0.25) is 9.59 Å². The fourth-order valence-corrected chi connectivity index (χ4v) is 7.93. The van der Waals surface area contributed by atoms with Gasteiger partial charge in [0.15, 0.2) is 11.6 Å². The van der Waals surface area contributed by atoms with Gasteiger partial charge in [0, 0.05) is 11.5 Å². The summed E-state index contributed by atoms with van der Waals surface area (Å²) in [6.07, 6.45) is 0.438. The van der Waals surface area contributed by atoms with Gasteiger partial charge in [0.25, 0.3) is 0 Å². The van der Waals surface area contributed by atoms with E-state index in [4.69, 9.17) is 0 Å². The number of Topliss-reactive ketones (excluding diaryl/α,β-unsaturated/α-hetero) is 2. The molecule has 1 saturated carbocycles. The van der Waals surface area contributed by atoms with E-state index in [1.54, 1.807) is 0 Å². The summed E-state index contributed by atoms with van der Waals surface area (Å²) in [5, 5.41) is 4.40. The van der Waals surface area contributed by atoms with E-state index >= 15 is 4.79 Å². The molecule has 190 valence electrons. The van der Waals surface area contributed by atoms with Crippen molar-refractivity contribution in [2.75, 3.05) is 0 Å². The van der Waals surface area contributed by atoms with Crippen LogP contribution in [0.4, 0.5) is 0 Å². The molecule has 0 aromatic heterocycles. The van der Waals surface area contributed by atoms with E-state index in [1.807, 2.05) is 78.9 Å². The second-order valence-electron chi connectivity index (χ2n) is 11.1. The highest BCUT2D eigenvalue weighted by atomic mass is 16.1. The van der Waals surface area contributed by atoms with Crippen molar-refractivity contribution in [1.29, 1.82) is 0 Å². The van der Waals surface area contributed by atoms with Gasteiger partial charge in [-0.1, -0.05) is 140 Å². The molecule has 6 aromatic carbocycles. The molecule has 3 atom stereocenters. The normalized spacial score (nSPS) is 23.0. The van der Waals surface area contributed by atoms with Gasteiger partial charge >= 0.3 is 0 Å². The first-order valence-corrected chi connectivity index (χ1v) is 13.9. The number of carbonyl (C=O) groups excluding carboxylic acids is 2. The van der Waals surface area contributed by atoms with Crippen molar-refractivity contribution in [1.82, 2.24) is 0 Å². The van der Waals surface area contributed by atoms with E-state index in [-0.39, 0.29) is 11.6 Å². The molecule has 0 aliphatic heterocycles. The van der Waals surface area contributed by atoms with Crippen molar-refractivity contribution < 1.29 is 9.59 Å². The SMILES string of the molecule is O=C(c1ccccc1)[C@@H]1C[C@@]2(c3ccccc3)C(=O)[C@@]1(c1ccccc1)c1c2c2ccccc2c2ccccc12. The van der Waals surface area contributed by atoms with Crippen LogP contribution < -0.4 is 0 Å². The molecule has 1 fully saturated rings. The average molecular weight is 515 g/mol. The molecule has 0 unspecified atom stereocenters. The summed E-state index contributed by atoms with van der Waals surface area (Å²) >= 11 is 0. The molecule has 2 nitrogen and oxygen atoms in total. The zero-order chi connectivity index (χ0) is 26.9. The van der Waals surface area contributed by atoms with Gasteiger partial charge in [-0.2, -0.15) is 0 Å². The quantitative estimate of drug-likeness (QED) is 0.176. The van der Waals surface area contributed by atoms with Crippen LogP contribution in [0.15, 0.2) is 140 Å². The largest absolute Gasteiger partial charge is 0.297 e. The first-order valence-electron chi connectivity index (χ1n) is 13.9. The summed E-state index contributed by atoms with van der Waals surface area (Å²) < 4.78 is 0. The standard InChI is InChI=1S/C38H26O2/c39-35(25-14-4-1-5-15-25)32-24-37(26-16-6-2-7-17-26)33-30-22-12-10-20-28(30)29-21-11-13-23-31(29)34(33)38(32,36(37)40)27-18-8-3-9-19-27/h1-23,32H,24H2/t32-,37-,38+/m0/s1. The zero-order valence-corrected chi connectivity index (χ0v) is 21.9. The van der Waals surface area contributed by atoms with Crippen LogP contribution in [-0.4, -0.2) is 11.6 Å². The first-order chi connectivity index (χ1) is 19.7. The molecule has 0 amide bonds. The van der Waals surface area contributed by atoms with Crippen molar-refractivity contribution in [2.24, 2.45) is 5.92 Å². The summed E-state index contributed by atoms with van der Waals surface area (Å²) in [7, 11) is 0. The number of hydrogen-bond acceptors (Lipinski definition) is 2. The summed E-state index contributed by atoms with van der Waals surface area (Å²) in [6, 6.07) is 46.6.